The summed E-state index contributed by atoms with van der Waals surface area (Å²) in [6.07, 6.45) is 0. The highest BCUT2D eigenvalue weighted by atomic mass is 35.5. The molecule has 10 nitrogen and oxygen atoms in total. The smallest absolute Gasteiger partial charge is 0.343 e. The van der Waals surface area contributed by atoms with Gasteiger partial charge in [0.05, 0.1) is 41.5 Å². The van der Waals surface area contributed by atoms with Crippen LogP contribution in [0.3, 0.4) is 0 Å². The Balaban J connectivity index is 1.17. The van der Waals surface area contributed by atoms with Crippen LogP contribution in [0.1, 0.15) is 41.4 Å². The predicted octanol–water partition coefficient (Wildman–Crippen LogP) is 7.23. The van der Waals surface area contributed by atoms with Gasteiger partial charge in [-0.05, 0) is 109 Å². The van der Waals surface area contributed by atoms with E-state index in [0.29, 0.717) is 22.6 Å². The largest absolute Gasteiger partial charge is 0.497 e. The summed E-state index contributed by atoms with van der Waals surface area (Å²) in [6, 6.07) is 28.5. The van der Waals surface area contributed by atoms with Gasteiger partial charge in [-0.1, -0.05) is 11.6 Å². The normalized spacial score (nSPS) is 10.4. The highest BCUT2D eigenvalue weighted by Gasteiger charge is 2.16. The maximum atomic E-state index is 12.8. The van der Waals surface area contributed by atoms with Gasteiger partial charge in [0.2, 0.25) is 0 Å². The minimum atomic E-state index is -0.747. The van der Waals surface area contributed by atoms with E-state index in [2.05, 4.69) is 0 Å². The number of hydrogen-bond donors (Lipinski definition) is 0. The number of ether oxygens (including phenoxy) is 6. The van der Waals surface area contributed by atoms with Crippen molar-refractivity contribution in [1.82, 2.24) is 0 Å². The maximum absolute atomic E-state index is 12.8. The molecule has 236 valence electrons. The zero-order valence-electron chi connectivity index (χ0n) is 24.9. The molecule has 5 aromatic rings. The molecule has 0 N–H and O–H groups in total. The fraction of sp³-hybridized carbons (Fsp3) is 0.0556. The molecule has 5 rings (SSSR count). The Morgan fingerprint density at radius 1 is 0.404 bits per heavy atom. The van der Waals surface area contributed by atoms with Crippen molar-refractivity contribution in [1.29, 1.82) is 0 Å². The van der Waals surface area contributed by atoms with Crippen LogP contribution in [0.25, 0.3) is 0 Å². The molecule has 0 fully saturated rings. The number of rotatable bonds is 10. The maximum Gasteiger partial charge on any atom is 0.343 e. The second-order valence-electron chi connectivity index (χ2n) is 9.66. The molecule has 0 bridgehead atoms. The van der Waals surface area contributed by atoms with Crippen LogP contribution in [0.2, 0.25) is 5.02 Å². The van der Waals surface area contributed by atoms with E-state index in [0.717, 1.165) is 0 Å². The Bertz CT molecular complexity index is 1900. The highest BCUT2D eigenvalue weighted by Crippen LogP contribution is 2.31. The number of methoxy groups -OCH3 is 2. The van der Waals surface area contributed by atoms with Gasteiger partial charge in [-0.3, -0.25) is 0 Å². The summed E-state index contributed by atoms with van der Waals surface area (Å²) < 4.78 is 31.7. The summed E-state index contributed by atoms with van der Waals surface area (Å²) in [4.78, 5) is 50.4. The summed E-state index contributed by atoms with van der Waals surface area (Å²) in [7, 11) is 3.05. The van der Waals surface area contributed by atoms with E-state index in [1.165, 1.54) is 80.9 Å². The van der Waals surface area contributed by atoms with Crippen LogP contribution in [0.5, 0.6) is 34.5 Å². The molecule has 0 radical (unpaired) electrons. The van der Waals surface area contributed by atoms with Crippen molar-refractivity contribution in [3.63, 3.8) is 0 Å². The number of carbonyl (C=O) groups is 4. The first kappa shape index (κ1) is 32.3. The van der Waals surface area contributed by atoms with Gasteiger partial charge in [0.25, 0.3) is 0 Å². The molecular formula is C36H25ClO10. The van der Waals surface area contributed by atoms with Crippen LogP contribution in [0, 0.1) is 0 Å². The molecule has 0 saturated heterocycles. The molecule has 0 unspecified atom stereocenters. The SMILES string of the molecule is COc1ccc(C(=O)Oc2ccc(C(=O)Oc3ccc(Cl)c(OC(=O)c4ccc(OC(=O)c5ccc(OC)cc5)cc4)c3)cc2)cc1. The first-order valence-corrected chi connectivity index (χ1v) is 14.3. The molecule has 11 heteroatoms. The van der Waals surface area contributed by atoms with E-state index >= 15 is 0 Å². The summed E-state index contributed by atoms with van der Waals surface area (Å²) in [5.74, 6) is -0.930. The molecule has 0 spiro atoms. The van der Waals surface area contributed by atoms with Gasteiger partial charge in [0, 0.05) is 6.07 Å². The fourth-order valence-electron chi connectivity index (χ4n) is 4.05. The van der Waals surface area contributed by atoms with E-state index in [1.807, 2.05) is 0 Å². The summed E-state index contributed by atoms with van der Waals surface area (Å²) in [5, 5.41) is 0.103. The quantitative estimate of drug-likeness (QED) is 0.113. The van der Waals surface area contributed by atoms with E-state index in [-0.39, 0.29) is 39.1 Å². The zero-order chi connectivity index (χ0) is 33.3. The average molecular weight is 653 g/mol. The van der Waals surface area contributed by atoms with Crippen LogP contribution >= 0.6 is 11.6 Å². The summed E-state index contributed by atoms with van der Waals surface area (Å²) >= 11 is 6.23. The van der Waals surface area contributed by atoms with Crippen LogP contribution in [0.15, 0.2) is 115 Å². The van der Waals surface area contributed by atoms with Crippen molar-refractivity contribution in [3.8, 4) is 34.5 Å². The third-order valence-corrected chi connectivity index (χ3v) is 6.88. The van der Waals surface area contributed by atoms with Crippen molar-refractivity contribution in [3.05, 3.63) is 143 Å². The Kier molecular flexibility index (Phi) is 10.1. The van der Waals surface area contributed by atoms with Gasteiger partial charge in [0.15, 0.2) is 5.75 Å². The van der Waals surface area contributed by atoms with E-state index in [4.69, 9.17) is 40.0 Å². The lowest BCUT2D eigenvalue weighted by atomic mass is 10.2. The number of carbonyl (C=O) groups excluding carboxylic acids is 4. The number of esters is 4. The van der Waals surface area contributed by atoms with Crippen LogP contribution in [0.4, 0.5) is 0 Å². The predicted molar refractivity (Wildman–Crippen MR) is 170 cm³/mol. The van der Waals surface area contributed by atoms with E-state index < -0.39 is 23.9 Å². The standard InChI is InChI=1S/C36H25ClO10/c1-42-26-11-3-22(4-12-26)33(38)44-28-15-7-24(8-16-28)35(40)46-30-19-20-31(37)32(21-30)47-36(41)25-9-17-29(18-10-25)45-34(39)23-5-13-27(43-2)14-6-23/h3-21H,1-2H3. The molecule has 0 aliphatic heterocycles. The highest BCUT2D eigenvalue weighted by molar-refractivity contribution is 6.32. The number of halogens is 1. The molecule has 0 atom stereocenters. The lowest BCUT2D eigenvalue weighted by Gasteiger charge is -2.10. The second-order valence-corrected chi connectivity index (χ2v) is 10.1. The Hall–Kier alpha value is -6.13. The molecule has 0 aliphatic carbocycles. The Labute approximate surface area is 273 Å². The molecular weight excluding hydrogens is 628 g/mol. The van der Waals surface area contributed by atoms with Crippen molar-refractivity contribution in [2.24, 2.45) is 0 Å². The van der Waals surface area contributed by atoms with Crippen LogP contribution < -0.4 is 28.4 Å². The monoisotopic (exact) mass is 652 g/mol. The van der Waals surface area contributed by atoms with Gasteiger partial charge in [-0.15, -0.1) is 0 Å². The van der Waals surface area contributed by atoms with Crippen molar-refractivity contribution >= 4 is 35.5 Å². The van der Waals surface area contributed by atoms with Gasteiger partial charge < -0.3 is 28.4 Å². The van der Waals surface area contributed by atoms with Crippen LogP contribution in [-0.2, 0) is 0 Å². The van der Waals surface area contributed by atoms with Gasteiger partial charge in [-0.2, -0.15) is 0 Å². The summed E-state index contributed by atoms with van der Waals surface area (Å²) in [6.45, 7) is 0. The molecule has 0 heterocycles. The lowest BCUT2D eigenvalue weighted by Crippen LogP contribution is -2.11. The molecule has 0 aliphatic rings. The molecule has 0 saturated carbocycles. The third-order valence-electron chi connectivity index (χ3n) is 6.57. The topological polar surface area (TPSA) is 124 Å². The minimum absolute atomic E-state index is 0.0437. The Morgan fingerprint density at radius 3 is 1.06 bits per heavy atom. The number of benzene rings is 5. The van der Waals surface area contributed by atoms with Gasteiger partial charge >= 0.3 is 23.9 Å². The number of hydrogen-bond acceptors (Lipinski definition) is 10. The third kappa shape index (κ3) is 8.33. The first-order chi connectivity index (χ1) is 22.7. The minimum Gasteiger partial charge on any atom is -0.497 e. The molecule has 47 heavy (non-hydrogen) atoms. The van der Waals surface area contributed by atoms with Crippen LogP contribution in [-0.4, -0.2) is 38.1 Å². The lowest BCUT2D eigenvalue weighted by molar-refractivity contribution is 0.0723. The molecule has 0 amide bonds. The van der Waals surface area contributed by atoms with Crippen molar-refractivity contribution in [2.45, 2.75) is 0 Å². The zero-order valence-corrected chi connectivity index (χ0v) is 25.7. The average Bonchev–Trinajstić information content (AvgIpc) is 3.10. The first-order valence-electron chi connectivity index (χ1n) is 13.9. The molecule has 0 aromatic heterocycles. The van der Waals surface area contributed by atoms with Crippen molar-refractivity contribution < 1.29 is 47.6 Å². The van der Waals surface area contributed by atoms with E-state index in [1.54, 1.807) is 48.5 Å². The fourth-order valence-corrected chi connectivity index (χ4v) is 4.21. The van der Waals surface area contributed by atoms with E-state index in [9.17, 15) is 19.2 Å². The molecule has 5 aromatic carbocycles. The van der Waals surface area contributed by atoms with Gasteiger partial charge in [-0.25, -0.2) is 19.2 Å². The van der Waals surface area contributed by atoms with Crippen molar-refractivity contribution in [2.75, 3.05) is 14.2 Å². The Morgan fingerprint density at radius 2 is 0.702 bits per heavy atom. The van der Waals surface area contributed by atoms with Gasteiger partial charge in [0.1, 0.15) is 28.7 Å². The summed E-state index contributed by atoms with van der Waals surface area (Å²) in [5.41, 5.74) is 0.987. The second kappa shape index (κ2) is 14.8.